The third kappa shape index (κ3) is 6.10. The first kappa shape index (κ1) is 26.8. The van der Waals surface area contributed by atoms with Crippen molar-refractivity contribution < 1.29 is 45.5 Å². The number of hydrogen-bond acceptors (Lipinski definition) is 8. The molecule has 1 N–H and O–H groups in total. The lowest BCUT2D eigenvalue weighted by Crippen LogP contribution is -2.48. The summed E-state index contributed by atoms with van der Waals surface area (Å²) < 4.78 is 72.4. The predicted octanol–water partition coefficient (Wildman–Crippen LogP) is 0.805. The van der Waals surface area contributed by atoms with E-state index in [-0.39, 0.29) is 22.4 Å². The van der Waals surface area contributed by atoms with Gasteiger partial charge in [0.05, 0.1) is 6.04 Å². The van der Waals surface area contributed by atoms with Crippen molar-refractivity contribution in [2.24, 2.45) is 0 Å². The Balaban J connectivity index is 2.11. The average molecular weight is 498 g/mol. The van der Waals surface area contributed by atoms with E-state index < -0.39 is 52.8 Å². The predicted molar refractivity (Wildman–Crippen MR) is 107 cm³/mol. The van der Waals surface area contributed by atoms with E-state index in [1.54, 1.807) is 13.8 Å². The molecule has 0 radical (unpaired) electrons. The van der Waals surface area contributed by atoms with Crippen molar-refractivity contribution in [1.82, 2.24) is 19.7 Å². The quantitative estimate of drug-likeness (QED) is 0.470. The first-order chi connectivity index (χ1) is 15.3. The number of halogens is 3. The topological polar surface area (TPSA) is 127 Å². The molecule has 2 rings (SSSR count). The fraction of sp³-hybridized carbons (Fsp3) is 0.611. The minimum Gasteiger partial charge on any atom is -0.476 e. The number of amides is 2. The maximum Gasteiger partial charge on any atom is 0.511 e. The molecule has 11 nitrogen and oxygen atoms in total. The number of pyridine rings is 1. The van der Waals surface area contributed by atoms with Gasteiger partial charge in [0.1, 0.15) is 26.0 Å². The summed E-state index contributed by atoms with van der Waals surface area (Å²) in [7, 11) is -4.61. The highest BCUT2D eigenvalue weighted by atomic mass is 32.2. The molecule has 33 heavy (non-hydrogen) atoms. The molecule has 0 unspecified atom stereocenters. The van der Waals surface area contributed by atoms with E-state index in [0.717, 1.165) is 12.2 Å². The van der Waals surface area contributed by atoms with Crippen LogP contribution < -0.4 is 10.1 Å². The van der Waals surface area contributed by atoms with Gasteiger partial charge in [-0.2, -0.15) is 17.5 Å². The Morgan fingerprint density at radius 1 is 1.45 bits per heavy atom. The molecule has 1 fully saturated rings. The number of rotatable bonds is 10. The van der Waals surface area contributed by atoms with Crippen LogP contribution in [0.4, 0.5) is 13.2 Å². The Hall–Kier alpha value is -2.49. The molecule has 0 saturated carbocycles. The molecule has 1 saturated heterocycles. The lowest BCUT2D eigenvalue weighted by molar-refractivity contribution is -0.160. The maximum absolute atomic E-state index is 12.9. The van der Waals surface area contributed by atoms with Gasteiger partial charge in [0, 0.05) is 31.5 Å². The number of nitrogens with zero attached hydrogens (tertiary/aromatic N) is 3. The van der Waals surface area contributed by atoms with Gasteiger partial charge in [-0.25, -0.2) is 18.5 Å². The smallest absolute Gasteiger partial charge is 0.476 e. The van der Waals surface area contributed by atoms with Crippen molar-refractivity contribution in [3.63, 3.8) is 0 Å². The van der Waals surface area contributed by atoms with Crippen molar-refractivity contribution in [2.45, 2.75) is 38.4 Å². The SMILES string of the molecule is CCN1OC[C@@H](NC(=O)c2cc(OC[C@H](C)N(COC)S(=O)(=O)C(F)(F)F)ncc2C)C1=O. The summed E-state index contributed by atoms with van der Waals surface area (Å²) in [6.07, 6.45) is 1.31. The number of carbonyl (C=O) groups excluding carboxylic acids is 2. The summed E-state index contributed by atoms with van der Waals surface area (Å²) in [5.74, 6) is -1.12. The van der Waals surface area contributed by atoms with Crippen molar-refractivity contribution in [1.29, 1.82) is 0 Å². The third-order valence-corrected chi connectivity index (χ3v) is 6.35. The van der Waals surface area contributed by atoms with Crippen LogP contribution in [0.3, 0.4) is 0 Å². The number of sulfonamides is 1. The highest BCUT2D eigenvalue weighted by Gasteiger charge is 2.51. The maximum atomic E-state index is 12.9. The Morgan fingerprint density at radius 2 is 2.12 bits per heavy atom. The van der Waals surface area contributed by atoms with Crippen LogP contribution in [0.2, 0.25) is 0 Å². The van der Waals surface area contributed by atoms with Crippen molar-refractivity contribution in [3.05, 3.63) is 23.4 Å². The van der Waals surface area contributed by atoms with Gasteiger partial charge < -0.3 is 14.8 Å². The summed E-state index contributed by atoms with van der Waals surface area (Å²) in [6.45, 7) is 3.47. The van der Waals surface area contributed by atoms with Crippen LogP contribution >= 0.6 is 0 Å². The Morgan fingerprint density at radius 3 is 2.67 bits per heavy atom. The number of hydrogen-bond donors (Lipinski definition) is 1. The zero-order chi connectivity index (χ0) is 25.0. The number of likely N-dealkylation sites (N-methyl/N-ethyl adjacent to an activating group) is 1. The first-order valence-corrected chi connectivity index (χ1v) is 11.2. The van der Waals surface area contributed by atoms with Crippen molar-refractivity contribution in [3.8, 4) is 5.88 Å². The number of aromatic nitrogens is 1. The van der Waals surface area contributed by atoms with E-state index in [0.29, 0.717) is 12.1 Å². The average Bonchev–Trinajstić information content (AvgIpc) is 3.09. The number of hydroxylamine groups is 2. The van der Waals surface area contributed by atoms with Gasteiger partial charge >= 0.3 is 15.5 Å². The number of ether oxygens (including phenoxy) is 2. The molecule has 2 amide bonds. The number of methoxy groups -OCH3 is 1. The Kier molecular flexibility index (Phi) is 8.62. The summed E-state index contributed by atoms with van der Waals surface area (Å²) >= 11 is 0. The molecule has 1 aliphatic rings. The van der Waals surface area contributed by atoms with Crippen LogP contribution in [0.25, 0.3) is 0 Å². The van der Waals surface area contributed by atoms with Crippen LogP contribution in [0, 0.1) is 6.92 Å². The summed E-state index contributed by atoms with van der Waals surface area (Å²) in [5, 5.41) is 3.67. The molecule has 0 aromatic carbocycles. The van der Waals surface area contributed by atoms with Gasteiger partial charge in [-0.3, -0.25) is 14.4 Å². The second-order valence-electron chi connectivity index (χ2n) is 7.11. The summed E-state index contributed by atoms with van der Waals surface area (Å²) in [6, 6.07) is -0.899. The zero-order valence-electron chi connectivity index (χ0n) is 18.4. The largest absolute Gasteiger partial charge is 0.511 e. The summed E-state index contributed by atoms with van der Waals surface area (Å²) in [4.78, 5) is 33.9. The molecule has 0 bridgehead atoms. The van der Waals surface area contributed by atoms with Crippen LogP contribution in [-0.2, 0) is 24.4 Å². The standard InChI is InChI=1S/C18H25F3N4O7S/c1-5-24-17(27)14(9-32-24)23-16(26)13-6-15(22-7-11(13)2)31-8-12(3)25(10-30-4)33(28,29)18(19,20)21/h6-7,12,14H,5,8-10H2,1-4H3,(H,23,26)/t12-,14+/m0/s1. The van der Waals surface area contributed by atoms with Crippen LogP contribution in [0.5, 0.6) is 5.88 Å². The van der Waals surface area contributed by atoms with Gasteiger partial charge in [-0.15, -0.1) is 0 Å². The lowest BCUT2D eigenvalue weighted by Gasteiger charge is -2.28. The van der Waals surface area contributed by atoms with Crippen molar-refractivity contribution >= 4 is 21.8 Å². The van der Waals surface area contributed by atoms with Crippen LogP contribution in [-0.4, -0.2) is 85.8 Å². The fourth-order valence-corrected chi connectivity index (χ4v) is 3.92. The molecule has 15 heteroatoms. The molecule has 2 heterocycles. The zero-order valence-corrected chi connectivity index (χ0v) is 19.2. The highest BCUT2D eigenvalue weighted by Crippen LogP contribution is 2.28. The van der Waals surface area contributed by atoms with Crippen LogP contribution in [0.15, 0.2) is 12.3 Å². The van der Waals surface area contributed by atoms with E-state index in [1.807, 2.05) is 0 Å². The molecule has 0 aliphatic carbocycles. The Labute approximate surface area is 188 Å². The normalized spacial score (nSPS) is 18.0. The van der Waals surface area contributed by atoms with Crippen molar-refractivity contribution in [2.75, 3.05) is 33.6 Å². The van der Waals surface area contributed by atoms with Gasteiger partial charge in [0.2, 0.25) is 5.88 Å². The number of alkyl halides is 3. The molecule has 186 valence electrons. The van der Waals surface area contributed by atoms with Gasteiger partial charge in [-0.05, 0) is 26.3 Å². The number of aryl methyl sites for hydroxylation is 1. The molecule has 0 spiro atoms. The summed E-state index contributed by atoms with van der Waals surface area (Å²) in [5.41, 5.74) is -4.94. The van der Waals surface area contributed by atoms with E-state index in [1.165, 1.54) is 19.2 Å². The highest BCUT2D eigenvalue weighted by molar-refractivity contribution is 7.90. The molecular formula is C18H25F3N4O7S. The number of nitrogens with one attached hydrogen (secondary N) is 1. The lowest BCUT2D eigenvalue weighted by atomic mass is 10.1. The Bertz CT molecular complexity index is 974. The molecule has 2 atom stereocenters. The van der Waals surface area contributed by atoms with E-state index in [2.05, 4.69) is 15.0 Å². The second kappa shape index (κ2) is 10.6. The van der Waals surface area contributed by atoms with E-state index >= 15 is 0 Å². The second-order valence-corrected chi connectivity index (χ2v) is 8.99. The van der Waals surface area contributed by atoms with E-state index in [9.17, 15) is 31.2 Å². The molecular weight excluding hydrogens is 473 g/mol. The van der Waals surface area contributed by atoms with Crippen LogP contribution in [0.1, 0.15) is 29.8 Å². The third-order valence-electron chi connectivity index (χ3n) is 4.68. The number of carbonyl (C=O) groups is 2. The fourth-order valence-electron chi connectivity index (χ4n) is 2.87. The van der Waals surface area contributed by atoms with E-state index in [4.69, 9.17) is 9.57 Å². The monoisotopic (exact) mass is 498 g/mol. The minimum atomic E-state index is -5.66. The van der Waals surface area contributed by atoms with Gasteiger partial charge in [0.15, 0.2) is 0 Å². The molecule has 1 aromatic rings. The van der Waals surface area contributed by atoms with Gasteiger partial charge in [-0.1, -0.05) is 0 Å². The first-order valence-electron chi connectivity index (χ1n) is 9.75. The molecule has 1 aromatic heterocycles. The van der Waals surface area contributed by atoms with Gasteiger partial charge in [0.25, 0.3) is 11.8 Å². The minimum absolute atomic E-state index is 0.0214. The molecule has 1 aliphatic heterocycles.